The molecule has 3 heteroatoms. The Bertz CT molecular complexity index is 1110. The molecule has 0 atom stereocenters. The molecule has 2 aromatic heterocycles. The number of ether oxygens (including phenoxy) is 1. The van der Waals surface area contributed by atoms with Gasteiger partial charge in [0.1, 0.15) is 11.4 Å². The molecule has 1 aromatic carbocycles. The maximum atomic E-state index is 5.79. The topological polar surface area (TPSA) is 35.0 Å². The standard InChI is InChI=1S/C31H34N2O/c1-3-5-7-9-23-34-31-21-16-26(17-22-31)11-12-27-14-19-30(33-24-27)20-15-28-13-18-29(32-25-28)10-8-6-4-2/h13-14,16-19,21-22,24-25H,3-10,23H2,1-2H3. The van der Waals surface area contributed by atoms with Gasteiger partial charge in [-0.25, -0.2) is 4.98 Å². The van der Waals surface area contributed by atoms with Gasteiger partial charge in [-0.05, 0) is 73.7 Å². The van der Waals surface area contributed by atoms with Crippen molar-refractivity contribution in [1.82, 2.24) is 9.97 Å². The van der Waals surface area contributed by atoms with E-state index in [1.807, 2.05) is 48.7 Å². The van der Waals surface area contributed by atoms with E-state index >= 15 is 0 Å². The fourth-order valence-electron chi connectivity index (χ4n) is 3.38. The number of nitrogens with zero attached hydrogens (tertiary/aromatic N) is 2. The van der Waals surface area contributed by atoms with Crippen molar-refractivity contribution in [2.75, 3.05) is 6.61 Å². The lowest BCUT2D eigenvalue weighted by molar-refractivity contribution is 0.305. The Hall–Kier alpha value is -3.56. The van der Waals surface area contributed by atoms with Crippen LogP contribution in [0.4, 0.5) is 0 Å². The van der Waals surface area contributed by atoms with Gasteiger partial charge in [-0.3, -0.25) is 4.98 Å². The van der Waals surface area contributed by atoms with E-state index in [4.69, 9.17) is 4.74 Å². The SMILES string of the molecule is CCCCCCOc1ccc(C#Cc2ccc(C#Cc3ccc(CCCCC)nc3)nc2)cc1. The van der Waals surface area contributed by atoms with Crippen LogP contribution in [0.1, 0.15) is 86.9 Å². The molecular formula is C31H34N2O. The van der Waals surface area contributed by atoms with Crippen LogP contribution < -0.4 is 4.74 Å². The maximum absolute atomic E-state index is 5.79. The molecule has 0 spiro atoms. The van der Waals surface area contributed by atoms with Gasteiger partial charge in [0.2, 0.25) is 0 Å². The molecule has 0 unspecified atom stereocenters. The lowest BCUT2D eigenvalue weighted by atomic mass is 10.1. The summed E-state index contributed by atoms with van der Waals surface area (Å²) in [6.07, 6.45) is 13.1. The lowest BCUT2D eigenvalue weighted by Gasteiger charge is -2.05. The van der Waals surface area contributed by atoms with Gasteiger partial charge in [-0.15, -0.1) is 0 Å². The zero-order valence-corrected chi connectivity index (χ0v) is 20.4. The van der Waals surface area contributed by atoms with Crippen LogP contribution in [0.15, 0.2) is 60.9 Å². The highest BCUT2D eigenvalue weighted by atomic mass is 16.5. The van der Waals surface area contributed by atoms with Crippen LogP contribution in [-0.2, 0) is 6.42 Å². The monoisotopic (exact) mass is 450 g/mol. The van der Waals surface area contributed by atoms with Crippen molar-refractivity contribution >= 4 is 0 Å². The second kappa shape index (κ2) is 14.6. The number of rotatable bonds is 10. The van der Waals surface area contributed by atoms with Gasteiger partial charge < -0.3 is 4.74 Å². The second-order valence-electron chi connectivity index (χ2n) is 8.36. The first-order valence-corrected chi connectivity index (χ1v) is 12.4. The lowest BCUT2D eigenvalue weighted by Crippen LogP contribution is -1.96. The van der Waals surface area contributed by atoms with E-state index in [-0.39, 0.29) is 0 Å². The molecule has 0 radical (unpaired) electrons. The average Bonchev–Trinajstić information content (AvgIpc) is 2.88. The zero-order chi connectivity index (χ0) is 23.8. The van der Waals surface area contributed by atoms with Gasteiger partial charge in [-0.1, -0.05) is 63.7 Å². The minimum atomic E-state index is 0.720. The third kappa shape index (κ3) is 9.13. The molecule has 34 heavy (non-hydrogen) atoms. The fourth-order valence-corrected chi connectivity index (χ4v) is 3.38. The van der Waals surface area contributed by atoms with Crippen molar-refractivity contribution in [3.63, 3.8) is 0 Å². The predicted molar refractivity (Wildman–Crippen MR) is 140 cm³/mol. The summed E-state index contributed by atoms with van der Waals surface area (Å²) in [6.45, 7) is 5.20. The third-order valence-electron chi connectivity index (χ3n) is 5.43. The van der Waals surface area contributed by atoms with Gasteiger partial charge in [0.15, 0.2) is 0 Å². The third-order valence-corrected chi connectivity index (χ3v) is 5.43. The Balaban J connectivity index is 1.50. The first-order chi connectivity index (χ1) is 16.8. The molecule has 3 nitrogen and oxygen atoms in total. The molecule has 0 aliphatic heterocycles. The van der Waals surface area contributed by atoms with Crippen molar-refractivity contribution in [3.05, 3.63) is 89.0 Å². The molecule has 2 heterocycles. The molecule has 0 aliphatic rings. The molecule has 0 saturated heterocycles. The van der Waals surface area contributed by atoms with Crippen LogP contribution in [0.2, 0.25) is 0 Å². The molecule has 0 saturated carbocycles. The predicted octanol–water partition coefficient (Wildman–Crippen LogP) is 6.97. The Morgan fingerprint density at radius 1 is 0.618 bits per heavy atom. The highest BCUT2D eigenvalue weighted by Gasteiger charge is 1.97. The minimum absolute atomic E-state index is 0.720. The molecule has 174 valence electrons. The summed E-state index contributed by atoms with van der Waals surface area (Å²) in [5.41, 5.74) is 4.56. The van der Waals surface area contributed by atoms with Gasteiger partial charge in [0, 0.05) is 34.8 Å². The van der Waals surface area contributed by atoms with Crippen LogP contribution in [0, 0.1) is 23.7 Å². The van der Waals surface area contributed by atoms with E-state index in [9.17, 15) is 0 Å². The molecular weight excluding hydrogens is 416 g/mol. The minimum Gasteiger partial charge on any atom is -0.494 e. The average molecular weight is 451 g/mol. The van der Waals surface area contributed by atoms with Crippen LogP contribution in [-0.4, -0.2) is 16.6 Å². The summed E-state index contributed by atoms with van der Waals surface area (Å²) >= 11 is 0. The summed E-state index contributed by atoms with van der Waals surface area (Å²) < 4.78 is 5.79. The van der Waals surface area contributed by atoms with E-state index in [0.717, 1.165) is 53.3 Å². The Labute approximate surface area is 205 Å². The van der Waals surface area contributed by atoms with Crippen LogP contribution >= 0.6 is 0 Å². The summed E-state index contributed by atoms with van der Waals surface area (Å²) in [5, 5.41) is 0. The number of benzene rings is 1. The first-order valence-electron chi connectivity index (χ1n) is 12.4. The summed E-state index contributed by atoms with van der Waals surface area (Å²) in [5.74, 6) is 13.5. The van der Waals surface area contributed by atoms with Gasteiger partial charge in [0.05, 0.1) is 6.61 Å². The Kier molecular flexibility index (Phi) is 10.7. The molecule has 0 amide bonds. The van der Waals surface area contributed by atoms with Crippen LogP contribution in [0.25, 0.3) is 0 Å². The van der Waals surface area contributed by atoms with E-state index in [1.165, 1.54) is 38.5 Å². The van der Waals surface area contributed by atoms with Crippen molar-refractivity contribution < 1.29 is 4.74 Å². The summed E-state index contributed by atoms with van der Waals surface area (Å²) in [6, 6.07) is 15.9. The van der Waals surface area contributed by atoms with E-state index in [0.29, 0.717) is 0 Å². The van der Waals surface area contributed by atoms with Gasteiger partial charge >= 0.3 is 0 Å². The number of pyridine rings is 2. The van der Waals surface area contributed by atoms with Crippen molar-refractivity contribution in [2.45, 2.75) is 65.2 Å². The molecule has 0 bridgehead atoms. The Morgan fingerprint density at radius 2 is 1.26 bits per heavy atom. The van der Waals surface area contributed by atoms with Crippen molar-refractivity contribution in [3.8, 4) is 29.4 Å². The van der Waals surface area contributed by atoms with Crippen LogP contribution in [0.3, 0.4) is 0 Å². The van der Waals surface area contributed by atoms with Gasteiger partial charge in [0.25, 0.3) is 0 Å². The fraction of sp³-hybridized carbons (Fsp3) is 0.355. The zero-order valence-electron chi connectivity index (χ0n) is 20.4. The molecule has 3 aromatic rings. The van der Waals surface area contributed by atoms with Crippen molar-refractivity contribution in [1.29, 1.82) is 0 Å². The largest absolute Gasteiger partial charge is 0.494 e. The van der Waals surface area contributed by atoms with E-state index < -0.39 is 0 Å². The quantitative estimate of drug-likeness (QED) is 0.247. The number of aryl methyl sites for hydroxylation is 1. The highest BCUT2D eigenvalue weighted by molar-refractivity contribution is 5.45. The number of hydrogen-bond acceptors (Lipinski definition) is 3. The maximum Gasteiger partial charge on any atom is 0.119 e. The summed E-state index contributed by atoms with van der Waals surface area (Å²) in [7, 11) is 0. The normalized spacial score (nSPS) is 10.1. The number of aromatic nitrogens is 2. The van der Waals surface area contributed by atoms with Crippen molar-refractivity contribution in [2.24, 2.45) is 0 Å². The number of unbranched alkanes of at least 4 members (excludes halogenated alkanes) is 5. The summed E-state index contributed by atoms with van der Waals surface area (Å²) in [4.78, 5) is 8.94. The smallest absolute Gasteiger partial charge is 0.119 e. The Morgan fingerprint density at radius 3 is 1.94 bits per heavy atom. The molecule has 0 N–H and O–H groups in total. The highest BCUT2D eigenvalue weighted by Crippen LogP contribution is 2.13. The second-order valence-corrected chi connectivity index (χ2v) is 8.36. The first kappa shape index (κ1) is 25.1. The van der Waals surface area contributed by atoms with Crippen LogP contribution in [0.5, 0.6) is 5.75 Å². The number of hydrogen-bond donors (Lipinski definition) is 0. The molecule has 0 aliphatic carbocycles. The van der Waals surface area contributed by atoms with E-state index in [2.05, 4.69) is 53.6 Å². The van der Waals surface area contributed by atoms with Gasteiger partial charge in [-0.2, -0.15) is 0 Å². The molecule has 0 fully saturated rings. The molecule has 3 rings (SSSR count). The van der Waals surface area contributed by atoms with E-state index in [1.54, 1.807) is 6.20 Å².